The van der Waals surface area contributed by atoms with Gasteiger partial charge in [-0.25, -0.2) is 4.79 Å². The Kier molecular flexibility index (Phi) is 5.63. The van der Waals surface area contributed by atoms with Crippen LogP contribution in [0.1, 0.15) is 34.6 Å². The molecular weight excluding hydrogens is 258 g/mol. The van der Waals surface area contributed by atoms with Crippen LogP contribution in [0.25, 0.3) is 0 Å². The quantitative estimate of drug-likeness (QED) is 0.742. The van der Waals surface area contributed by atoms with E-state index in [-0.39, 0.29) is 12.1 Å². The molecule has 0 saturated heterocycles. The van der Waals surface area contributed by atoms with Crippen molar-refractivity contribution < 1.29 is 9.53 Å². The summed E-state index contributed by atoms with van der Waals surface area (Å²) in [6.45, 7) is 9.80. The highest BCUT2D eigenvalue weighted by molar-refractivity contribution is 9.09. The van der Waals surface area contributed by atoms with E-state index in [0.29, 0.717) is 5.92 Å². The van der Waals surface area contributed by atoms with Gasteiger partial charge in [0.05, 0.1) is 0 Å². The van der Waals surface area contributed by atoms with Crippen LogP contribution in [0.3, 0.4) is 0 Å². The first-order valence-corrected chi connectivity index (χ1v) is 6.33. The number of carbonyl (C=O) groups excluding carboxylic acids is 1. The lowest BCUT2D eigenvalue weighted by molar-refractivity contribution is 0.0203. The Bertz CT molecular complexity index is 211. The Morgan fingerprint density at radius 2 is 1.87 bits per heavy atom. The Morgan fingerprint density at radius 3 is 2.13 bits per heavy atom. The van der Waals surface area contributed by atoms with Crippen molar-refractivity contribution in [2.75, 3.05) is 12.4 Å². The molecule has 3 nitrogen and oxygen atoms in total. The third-order valence-electron chi connectivity index (χ3n) is 2.11. The van der Waals surface area contributed by atoms with Gasteiger partial charge in [0.15, 0.2) is 0 Å². The van der Waals surface area contributed by atoms with Crippen molar-refractivity contribution in [3.8, 4) is 0 Å². The first-order valence-electron chi connectivity index (χ1n) is 5.20. The van der Waals surface area contributed by atoms with E-state index in [1.807, 2.05) is 20.8 Å². The van der Waals surface area contributed by atoms with Gasteiger partial charge in [-0.3, -0.25) is 0 Å². The van der Waals surface area contributed by atoms with Crippen LogP contribution < -0.4 is 0 Å². The minimum Gasteiger partial charge on any atom is -0.444 e. The van der Waals surface area contributed by atoms with Gasteiger partial charge in [0.2, 0.25) is 0 Å². The first-order chi connectivity index (χ1) is 6.69. The molecule has 0 heterocycles. The van der Waals surface area contributed by atoms with E-state index < -0.39 is 5.60 Å². The van der Waals surface area contributed by atoms with Crippen molar-refractivity contribution in [2.24, 2.45) is 5.92 Å². The number of alkyl halides is 1. The van der Waals surface area contributed by atoms with Crippen LogP contribution in [-0.4, -0.2) is 35.0 Å². The molecule has 0 N–H and O–H groups in total. The maximum Gasteiger partial charge on any atom is 0.410 e. The predicted octanol–water partition coefficient (Wildman–Crippen LogP) is 3.27. The second-order valence-electron chi connectivity index (χ2n) is 5.06. The van der Waals surface area contributed by atoms with E-state index in [9.17, 15) is 4.79 Å². The van der Waals surface area contributed by atoms with Crippen LogP contribution in [-0.2, 0) is 4.74 Å². The third kappa shape index (κ3) is 5.40. The van der Waals surface area contributed by atoms with Gasteiger partial charge >= 0.3 is 6.09 Å². The molecule has 0 rings (SSSR count). The molecule has 0 radical (unpaired) electrons. The van der Waals surface area contributed by atoms with Crippen LogP contribution in [0, 0.1) is 5.92 Å². The fourth-order valence-electron chi connectivity index (χ4n) is 1.20. The lowest BCUT2D eigenvalue weighted by Crippen LogP contribution is -2.44. The van der Waals surface area contributed by atoms with Crippen molar-refractivity contribution in [1.82, 2.24) is 4.90 Å². The second kappa shape index (κ2) is 5.73. The standard InChI is InChI=1S/C11H22BrNO2/c1-8(2)9(7-12)13(6)10(14)15-11(3,4)5/h8-9H,7H2,1-6H3/t9-/m1/s1. The molecule has 0 saturated carbocycles. The molecule has 4 heteroatoms. The van der Waals surface area contributed by atoms with E-state index in [1.165, 1.54) is 0 Å². The zero-order valence-electron chi connectivity index (χ0n) is 10.5. The summed E-state index contributed by atoms with van der Waals surface area (Å²) in [6.07, 6.45) is -0.263. The fraction of sp³-hybridized carbons (Fsp3) is 0.909. The molecule has 90 valence electrons. The molecule has 0 aromatic heterocycles. The molecular formula is C11H22BrNO2. The van der Waals surface area contributed by atoms with Gasteiger partial charge in [0.1, 0.15) is 5.60 Å². The van der Waals surface area contributed by atoms with Crippen LogP contribution in [0.2, 0.25) is 0 Å². The zero-order chi connectivity index (χ0) is 12.2. The van der Waals surface area contributed by atoms with Crippen molar-refractivity contribution in [3.63, 3.8) is 0 Å². The number of halogens is 1. The largest absolute Gasteiger partial charge is 0.444 e. The summed E-state index contributed by atoms with van der Waals surface area (Å²) in [5.41, 5.74) is -0.431. The molecule has 0 aromatic carbocycles. The van der Waals surface area contributed by atoms with Crippen molar-refractivity contribution in [1.29, 1.82) is 0 Å². The number of ether oxygens (including phenoxy) is 1. The molecule has 0 spiro atoms. The third-order valence-corrected chi connectivity index (χ3v) is 2.77. The van der Waals surface area contributed by atoms with Crippen molar-refractivity contribution in [2.45, 2.75) is 46.3 Å². The van der Waals surface area contributed by atoms with Gasteiger partial charge in [0, 0.05) is 18.4 Å². The molecule has 1 amide bonds. The lowest BCUT2D eigenvalue weighted by Gasteiger charge is -2.31. The van der Waals surface area contributed by atoms with Crippen LogP contribution in [0.15, 0.2) is 0 Å². The number of hydrogen-bond acceptors (Lipinski definition) is 2. The molecule has 0 fully saturated rings. The SMILES string of the molecule is CC(C)[C@@H](CBr)N(C)C(=O)OC(C)(C)C. The molecule has 0 bridgehead atoms. The summed E-state index contributed by atoms with van der Waals surface area (Å²) in [6, 6.07) is 0.167. The predicted molar refractivity (Wildman–Crippen MR) is 66.4 cm³/mol. The maximum absolute atomic E-state index is 11.7. The van der Waals surface area contributed by atoms with Gasteiger partial charge in [-0.2, -0.15) is 0 Å². The summed E-state index contributed by atoms with van der Waals surface area (Å²) in [5.74, 6) is 0.405. The summed E-state index contributed by atoms with van der Waals surface area (Å²) < 4.78 is 5.30. The number of carbonyl (C=O) groups is 1. The molecule has 0 aromatic rings. The van der Waals surface area contributed by atoms with E-state index >= 15 is 0 Å². The highest BCUT2D eigenvalue weighted by atomic mass is 79.9. The van der Waals surface area contributed by atoms with Crippen LogP contribution >= 0.6 is 15.9 Å². The molecule has 1 atom stereocenters. The van der Waals surface area contributed by atoms with Gasteiger partial charge in [-0.15, -0.1) is 0 Å². The van der Waals surface area contributed by atoms with Gasteiger partial charge in [-0.1, -0.05) is 29.8 Å². The topological polar surface area (TPSA) is 29.5 Å². The summed E-state index contributed by atoms with van der Waals surface area (Å²) in [7, 11) is 1.78. The summed E-state index contributed by atoms with van der Waals surface area (Å²) in [4.78, 5) is 13.4. The van der Waals surface area contributed by atoms with Crippen LogP contribution in [0.5, 0.6) is 0 Å². The molecule has 0 aliphatic carbocycles. The van der Waals surface area contributed by atoms with Gasteiger partial charge in [-0.05, 0) is 26.7 Å². The summed E-state index contributed by atoms with van der Waals surface area (Å²) in [5, 5.41) is 0.764. The Balaban J connectivity index is 4.42. The fourth-order valence-corrected chi connectivity index (χ4v) is 2.38. The number of nitrogens with zero attached hydrogens (tertiary/aromatic N) is 1. The lowest BCUT2D eigenvalue weighted by atomic mass is 10.1. The monoisotopic (exact) mass is 279 g/mol. The average Bonchev–Trinajstić information content (AvgIpc) is 2.01. The van der Waals surface area contributed by atoms with E-state index in [1.54, 1.807) is 11.9 Å². The molecule has 15 heavy (non-hydrogen) atoms. The number of rotatable bonds is 3. The molecule has 0 unspecified atom stereocenters. The minimum atomic E-state index is -0.431. The van der Waals surface area contributed by atoms with E-state index in [0.717, 1.165) is 5.33 Å². The Morgan fingerprint density at radius 1 is 1.40 bits per heavy atom. The first kappa shape index (κ1) is 14.8. The van der Waals surface area contributed by atoms with Crippen molar-refractivity contribution >= 4 is 22.0 Å². The normalized spacial score (nSPS) is 13.9. The van der Waals surface area contributed by atoms with E-state index in [4.69, 9.17) is 4.74 Å². The number of hydrogen-bond donors (Lipinski definition) is 0. The minimum absolute atomic E-state index is 0.167. The Hall–Kier alpha value is -0.250. The Labute approximate surface area is 101 Å². The smallest absolute Gasteiger partial charge is 0.410 e. The zero-order valence-corrected chi connectivity index (χ0v) is 12.1. The van der Waals surface area contributed by atoms with Crippen LogP contribution in [0.4, 0.5) is 4.79 Å². The molecule has 0 aliphatic heterocycles. The van der Waals surface area contributed by atoms with Crippen molar-refractivity contribution in [3.05, 3.63) is 0 Å². The van der Waals surface area contributed by atoms with E-state index in [2.05, 4.69) is 29.8 Å². The highest BCUT2D eigenvalue weighted by Gasteiger charge is 2.26. The second-order valence-corrected chi connectivity index (χ2v) is 5.70. The maximum atomic E-state index is 11.7. The number of amides is 1. The van der Waals surface area contributed by atoms with Gasteiger partial charge < -0.3 is 9.64 Å². The average molecular weight is 280 g/mol. The molecule has 0 aliphatic rings. The van der Waals surface area contributed by atoms with Gasteiger partial charge in [0.25, 0.3) is 0 Å². The highest BCUT2D eigenvalue weighted by Crippen LogP contribution is 2.16. The summed E-state index contributed by atoms with van der Waals surface area (Å²) >= 11 is 3.42.